The number of nitrogens with zero attached hydrogens (tertiary/aromatic N) is 3. The fourth-order valence-corrected chi connectivity index (χ4v) is 3.93. The predicted octanol–water partition coefficient (Wildman–Crippen LogP) is 2.79. The Kier molecular flexibility index (Phi) is 9.25. The maximum Gasteiger partial charge on any atom is 0.305 e. The Morgan fingerprint density at radius 3 is 2.32 bits per heavy atom. The summed E-state index contributed by atoms with van der Waals surface area (Å²) >= 11 is 0. The van der Waals surface area contributed by atoms with E-state index in [0.29, 0.717) is 22.5 Å². The number of anilines is 1. The van der Waals surface area contributed by atoms with Crippen molar-refractivity contribution in [1.29, 1.82) is 0 Å². The number of halogens is 1. The van der Waals surface area contributed by atoms with Gasteiger partial charge in [0.1, 0.15) is 5.82 Å². The summed E-state index contributed by atoms with van der Waals surface area (Å²) in [6.07, 6.45) is -0.150. The van der Waals surface area contributed by atoms with Crippen molar-refractivity contribution in [2.24, 2.45) is 0 Å². The van der Waals surface area contributed by atoms with Crippen molar-refractivity contribution < 1.29 is 32.9 Å². The van der Waals surface area contributed by atoms with Gasteiger partial charge in [0.25, 0.3) is 0 Å². The molecule has 3 N–H and O–H groups in total. The highest BCUT2D eigenvalue weighted by atomic mass is 32.2. The van der Waals surface area contributed by atoms with Gasteiger partial charge in [0.05, 0.1) is 35.8 Å². The van der Waals surface area contributed by atoms with Crippen LogP contribution in [0.1, 0.15) is 50.8 Å². The Hall–Kier alpha value is -2.89. The second kappa shape index (κ2) is 11.5. The number of carboxylic acids is 1. The molecule has 0 saturated heterocycles. The average molecular weight is 496 g/mol. The third kappa shape index (κ3) is 7.05. The van der Waals surface area contributed by atoms with Crippen molar-refractivity contribution >= 4 is 28.0 Å². The van der Waals surface area contributed by atoms with Gasteiger partial charge in [0.2, 0.25) is 16.0 Å². The molecule has 0 bridgehead atoms. The standard InChI is InChI=1S/C23H30FN3O6S/c1-5-34(32,33)27(4)23-25-21(14(2)3)19(11-10-17(28)12-18(29)13-20(30)31)22(26-23)15-6-8-16(24)9-7-15/h6-11,14,17-18,28-29H,5,12-13H2,1-4H3,(H,30,31)/b11-10+/t17-,18-/m1/s1. The van der Waals surface area contributed by atoms with Crippen LogP contribution in [0.2, 0.25) is 0 Å². The number of carboxylic acid groups (broad SMARTS) is 1. The number of sulfonamides is 1. The SMILES string of the molecule is CCS(=O)(=O)N(C)c1nc(-c2ccc(F)cc2)c(/C=C/[C@@H](O)C[C@@H](O)CC(=O)O)c(C(C)C)n1. The van der Waals surface area contributed by atoms with Gasteiger partial charge in [0, 0.05) is 24.6 Å². The lowest BCUT2D eigenvalue weighted by Crippen LogP contribution is -2.30. The number of aliphatic hydroxyl groups excluding tert-OH is 2. The van der Waals surface area contributed by atoms with Gasteiger partial charge in [-0.2, -0.15) is 0 Å². The molecule has 1 heterocycles. The van der Waals surface area contributed by atoms with E-state index < -0.39 is 40.4 Å². The zero-order chi connectivity index (χ0) is 25.6. The van der Waals surface area contributed by atoms with Crippen LogP contribution >= 0.6 is 0 Å². The Labute approximate surface area is 198 Å². The summed E-state index contributed by atoms with van der Waals surface area (Å²) in [5.41, 5.74) is 1.83. The fourth-order valence-electron chi connectivity index (χ4n) is 3.22. The minimum Gasteiger partial charge on any atom is -0.481 e. The summed E-state index contributed by atoms with van der Waals surface area (Å²) in [5, 5.41) is 28.9. The molecule has 0 amide bonds. The molecule has 1 aromatic heterocycles. The van der Waals surface area contributed by atoms with Crippen molar-refractivity contribution in [2.75, 3.05) is 17.1 Å². The molecule has 2 atom stereocenters. The Balaban J connectivity index is 2.63. The number of aliphatic hydroxyl groups is 2. The van der Waals surface area contributed by atoms with Crippen LogP contribution in [0.5, 0.6) is 0 Å². The highest BCUT2D eigenvalue weighted by Gasteiger charge is 2.24. The summed E-state index contributed by atoms with van der Waals surface area (Å²) in [4.78, 5) is 19.7. The van der Waals surface area contributed by atoms with Crippen LogP contribution in [0.3, 0.4) is 0 Å². The van der Waals surface area contributed by atoms with Gasteiger partial charge in [-0.25, -0.2) is 27.1 Å². The van der Waals surface area contributed by atoms with E-state index in [4.69, 9.17) is 5.11 Å². The van der Waals surface area contributed by atoms with E-state index in [0.717, 1.165) is 4.31 Å². The van der Waals surface area contributed by atoms with Crippen LogP contribution < -0.4 is 4.31 Å². The van der Waals surface area contributed by atoms with Crippen molar-refractivity contribution in [3.05, 3.63) is 47.4 Å². The molecule has 11 heteroatoms. The van der Waals surface area contributed by atoms with Gasteiger partial charge in [-0.1, -0.05) is 26.0 Å². The number of carbonyl (C=O) groups is 1. The van der Waals surface area contributed by atoms with Crippen molar-refractivity contribution in [3.63, 3.8) is 0 Å². The van der Waals surface area contributed by atoms with E-state index in [1.54, 1.807) is 6.08 Å². The summed E-state index contributed by atoms with van der Waals surface area (Å²) in [7, 11) is -2.29. The summed E-state index contributed by atoms with van der Waals surface area (Å²) in [6, 6.07) is 5.51. The van der Waals surface area contributed by atoms with Crippen LogP contribution in [0.4, 0.5) is 10.3 Å². The molecule has 2 rings (SSSR count). The molecule has 0 radical (unpaired) electrons. The van der Waals surface area contributed by atoms with Gasteiger partial charge in [-0.15, -0.1) is 0 Å². The molecule has 1 aromatic carbocycles. The monoisotopic (exact) mass is 495 g/mol. The largest absolute Gasteiger partial charge is 0.481 e. The van der Waals surface area contributed by atoms with Gasteiger partial charge in [0.15, 0.2) is 0 Å². The van der Waals surface area contributed by atoms with Crippen molar-refractivity contribution in [2.45, 2.75) is 51.7 Å². The number of hydrogen-bond donors (Lipinski definition) is 3. The first-order chi connectivity index (χ1) is 15.9. The lowest BCUT2D eigenvalue weighted by atomic mass is 9.97. The molecule has 0 spiro atoms. The zero-order valence-electron chi connectivity index (χ0n) is 19.5. The van der Waals surface area contributed by atoms with Crippen molar-refractivity contribution in [3.8, 4) is 11.3 Å². The minimum atomic E-state index is -3.65. The van der Waals surface area contributed by atoms with E-state index in [1.807, 2.05) is 13.8 Å². The summed E-state index contributed by atoms with van der Waals surface area (Å²) in [5.74, 6) is -2.00. The highest BCUT2D eigenvalue weighted by Crippen LogP contribution is 2.32. The van der Waals surface area contributed by atoms with Gasteiger partial charge < -0.3 is 15.3 Å². The van der Waals surface area contributed by atoms with E-state index in [-0.39, 0.29) is 24.0 Å². The molecule has 2 aromatic rings. The van der Waals surface area contributed by atoms with E-state index in [2.05, 4.69) is 9.97 Å². The average Bonchev–Trinajstić information content (AvgIpc) is 2.76. The molecule has 0 aliphatic carbocycles. The molecule has 0 fully saturated rings. The van der Waals surface area contributed by atoms with Crippen LogP contribution in [-0.4, -0.2) is 64.7 Å². The molecular formula is C23H30FN3O6S. The third-order valence-electron chi connectivity index (χ3n) is 5.10. The Bertz CT molecular complexity index is 1140. The van der Waals surface area contributed by atoms with Gasteiger partial charge >= 0.3 is 5.97 Å². The Morgan fingerprint density at radius 1 is 1.18 bits per heavy atom. The number of rotatable bonds is 11. The molecule has 9 nitrogen and oxygen atoms in total. The Morgan fingerprint density at radius 2 is 1.79 bits per heavy atom. The lowest BCUT2D eigenvalue weighted by Gasteiger charge is -2.21. The molecule has 0 unspecified atom stereocenters. The van der Waals surface area contributed by atoms with E-state index in [1.165, 1.54) is 44.3 Å². The number of benzene rings is 1. The second-order valence-corrected chi connectivity index (χ2v) is 10.4. The van der Waals surface area contributed by atoms with Crippen LogP contribution in [0, 0.1) is 5.82 Å². The maximum absolute atomic E-state index is 13.6. The number of hydrogen-bond acceptors (Lipinski definition) is 7. The summed E-state index contributed by atoms with van der Waals surface area (Å²) in [6.45, 7) is 5.23. The molecule has 0 saturated carbocycles. The highest BCUT2D eigenvalue weighted by molar-refractivity contribution is 7.92. The maximum atomic E-state index is 13.6. The smallest absolute Gasteiger partial charge is 0.305 e. The lowest BCUT2D eigenvalue weighted by molar-refractivity contribution is -0.139. The van der Waals surface area contributed by atoms with Crippen LogP contribution in [-0.2, 0) is 14.8 Å². The molecule has 0 aliphatic rings. The fraction of sp³-hybridized carbons (Fsp3) is 0.435. The first-order valence-corrected chi connectivity index (χ1v) is 12.4. The topological polar surface area (TPSA) is 141 Å². The molecule has 34 heavy (non-hydrogen) atoms. The summed E-state index contributed by atoms with van der Waals surface area (Å²) < 4.78 is 39.4. The van der Waals surface area contributed by atoms with Crippen LogP contribution in [0.25, 0.3) is 17.3 Å². The van der Waals surface area contributed by atoms with E-state index in [9.17, 15) is 27.8 Å². The number of aliphatic carboxylic acids is 1. The second-order valence-electron chi connectivity index (χ2n) is 8.11. The predicted molar refractivity (Wildman–Crippen MR) is 127 cm³/mol. The van der Waals surface area contributed by atoms with Crippen molar-refractivity contribution in [1.82, 2.24) is 9.97 Å². The van der Waals surface area contributed by atoms with Gasteiger partial charge in [-0.3, -0.25) is 4.79 Å². The molecule has 0 aliphatic heterocycles. The quantitative estimate of drug-likeness (QED) is 0.432. The first-order valence-electron chi connectivity index (χ1n) is 10.8. The zero-order valence-corrected chi connectivity index (χ0v) is 20.3. The normalized spacial score (nSPS) is 13.9. The van der Waals surface area contributed by atoms with Gasteiger partial charge in [-0.05, 0) is 37.1 Å². The van der Waals surface area contributed by atoms with Crippen LogP contribution in [0.15, 0.2) is 30.3 Å². The molecular weight excluding hydrogens is 465 g/mol. The third-order valence-corrected chi connectivity index (χ3v) is 6.83. The number of aromatic nitrogens is 2. The molecule has 186 valence electrons. The minimum absolute atomic E-state index is 0.0422. The first kappa shape index (κ1) is 27.4. The van der Waals surface area contributed by atoms with E-state index >= 15 is 0 Å².